The lowest BCUT2D eigenvalue weighted by Gasteiger charge is -1.97. The van der Waals surface area contributed by atoms with E-state index >= 15 is 0 Å². The van der Waals surface area contributed by atoms with Crippen LogP contribution in [0.3, 0.4) is 0 Å². The lowest BCUT2D eigenvalue weighted by molar-refractivity contribution is -0.384. The molecule has 1 aromatic carbocycles. The lowest BCUT2D eigenvalue weighted by atomic mass is 10.1. The van der Waals surface area contributed by atoms with Crippen molar-refractivity contribution in [3.8, 4) is 11.3 Å². The van der Waals surface area contributed by atoms with E-state index in [9.17, 15) is 10.1 Å². The molecule has 0 saturated heterocycles. The Morgan fingerprint density at radius 1 is 1.47 bits per heavy atom. The molecule has 0 saturated carbocycles. The van der Waals surface area contributed by atoms with E-state index in [4.69, 9.17) is 0 Å². The summed E-state index contributed by atoms with van der Waals surface area (Å²) in [6.45, 7) is 0. The van der Waals surface area contributed by atoms with E-state index in [-0.39, 0.29) is 5.69 Å². The summed E-state index contributed by atoms with van der Waals surface area (Å²) in [4.78, 5) is 10.2. The van der Waals surface area contributed by atoms with Gasteiger partial charge in [-0.1, -0.05) is 28.1 Å². The fourth-order valence-corrected chi connectivity index (χ4v) is 1.67. The highest BCUT2D eigenvalue weighted by Crippen LogP contribution is 2.28. The van der Waals surface area contributed by atoms with Gasteiger partial charge in [0.15, 0.2) is 0 Å². The summed E-state index contributed by atoms with van der Waals surface area (Å²) in [5.41, 5.74) is 1.13. The minimum Gasteiger partial charge on any atom is -0.271 e. The summed E-state index contributed by atoms with van der Waals surface area (Å²) >= 11 is 3.31. The van der Waals surface area contributed by atoms with Gasteiger partial charge in [-0.3, -0.25) is 15.2 Å². The van der Waals surface area contributed by atoms with Gasteiger partial charge in [0.05, 0.1) is 4.92 Å². The molecule has 0 aliphatic carbocycles. The van der Waals surface area contributed by atoms with Crippen molar-refractivity contribution in [1.82, 2.24) is 10.2 Å². The molecule has 0 fully saturated rings. The molecule has 5 nitrogen and oxygen atoms in total. The second-order valence-corrected chi connectivity index (χ2v) is 3.81. The molecule has 0 amide bonds. The number of nitrogens with zero attached hydrogens (tertiary/aromatic N) is 2. The van der Waals surface area contributed by atoms with Gasteiger partial charge in [-0.25, -0.2) is 0 Å². The van der Waals surface area contributed by atoms with Gasteiger partial charge in [0.2, 0.25) is 0 Å². The number of nitrogens with one attached hydrogen (secondary N) is 1. The number of aromatic amines is 1. The van der Waals surface area contributed by atoms with Gasteiger partial charge in [-0.15, -0.1) is 0 Å². The lowest BCUT2D eigenvalue weighted by Crippen LogP contribution is -1.88. The first-order valence-corrected chi connectivity index (χ1v) is 4.91. The molecule has 0 aliphatic rings. The maximum Gasteiger partial charge on any atom is 0.314 e. The van der Waals surface area contributed by atoms with Crippen LogP contribution < -0.4 is 0 Å². The zero-order valence-electron chi connectivity index (χ0n) is 7.48. The monoisotopic (exact) mass is 267 g/mol. The van der Waals surface area contributed by atoms with Crippen molar-refractivity contribution in [3.63, 3.8) is 0 Å². The number of H-pyrrole nitrogens is 1. The number of hydrogen-bond donors (Lipinski definition) is 1. The minimum absolute atomic E-state index is 0.0203. The van der Waals surface area contributed by atoms with E-state index in [1.165, 1.54) is 6.20 Å². The highest BCUT2D eigenvalue weighted by Gasteiger charge is 2.17. The number of nitro groups is 1. The third kappa shape index (κ3) is 1.89. The zero-order chi connectivity index (χ0) is 10.8. The largest absolute Gasteiger partial charge is 0.314 e. The molecule has 0 radical (unpaired) electrons. The van der Waals surface area contributed by atoms with Crippen LogP contribution in [-0.4, -0.2) is 15.1 Å². The molecule has 1 heterocycles. The summed E-state index contributed by atoms with van der Waals surface area (Å²) in [5, 5.41) is 17.0. The van der Waals surface area contributed by atoms with E-state index in [1.807, 2.05) is 12.1 Å². The molecule has 6 heteroatoms. The number of hydrogen-bond acceptors (Lipinski definition) is 3. The third-order valence-corrected chi connectivity index (χ3v) is 2.42. The van der Waals surface area contributed by atoms with Crippen LogP contribution in [0, 0.1) is 10.1 Å². The topological polar surface area (TPSA) is 71.8 Å². The van der Waals surface area contributed by atoms with Crippen molar-refractivity contribution in [2.45, 2.75) is 0 Å². The second-order valence-electron chi connectivity index (χ2n) is 2.90. The Balaban J connectivity index is 2.54. The summed E-state index contributed by atoms with van der Waals surface area (Å²) in [6, 6.07) is 7.24. The van der Waals surface area contributed by atoms with Crippen LogP contribution >= 0.6 is 15.9 Å². The van der Waals surface area contributed by atoms with Crippen molar-refractivity contribution < 1.29 is 4.92 Å². The van der Waals surface area contributed by atoms with Gasteiger partial charge in [-0.2, -0.15) is 5.10 Å². The number of rotatable bonds is 2. The zero-order valence-corrected chi connectivity index (χ0v) is 9.06. The van der Waals surface area contributed by atoms with Gasteiger partial charge in [0.25, 0.3) is 0 Å². The van der Waals surface area contributed by atoms with Crippen molar-refractivity contribution in [3.05, 3.63) is 45.0 Å². The summed E-state index contributed by atoms with van der Waals surface area (Å²) in [7, 11) is 0. The quantitative estimate of drug-likeness (QED) is 0.672. The number of aromatic nitrogens is 2. The predicted molar refractivity (Wildman–Crippen MR) is 58.4 cm³/mol. The van der Waals surface area contributed by atoms with Crippen LogP contribution in [0.4, 0.5) is 5.69 Å². The summed E-state index contributed by atoms with van der Waals surface area (Å²) in [6.07, 6.45) is 1.20. The van der Waals surface area contributed by atoms with E-state index in [2.05, 4.69) is 26.1 Å². The Morgan fingerprint density at radius 2 is 2.27 bits per heavy atom. The molecule has 2 aromatic rings. The smallest absolute Gasteiger partial charge is 0.271 e. The van der Waals surface area contributed by atoms with Crippen LogP contribution in [0.25, 0.3) is 11.3 Å². The van der Waals surface area contributed by atoms with Gasteiger partial charge in [-0.05, 0) is 12.1 Å². The Bertz CT molecular complexity index is 510. The minimum atomic E-state index is -0.459. The molecule has 0 aliphatic heterocycles. The van der Waals surface area contributed by atoms with E-state index in [0.29, 0.717) is 5.69 Å². The Kier molecular flexibility index (Phi) is 2.51. The van der Waals surface area contributed by atoms with Gasteiger partial charge >= 0.3 is 5.69 Å². The van der Waals surface area contributed by atoms with Crippen LogP contribution in [-0.2, 0) is 0 Å². The van der Waals surface area contributed by atoms with E-state index in [0.717, 1.165) is 10.0 Å². The third-order valence-electron chi connectivity index (χ3n) is 1.93. The average molecular weight is 268 g/mol. The van der Waals surface area contributed by atoms with Crippen molar-refractivity contribution >= 4 is 21.6 Å². The van der Waals surface area contributed by atoms with Crippen LogP contribution in [0.2, 0.25) is 0 Å². The molecule has 1 N–H and O–H groups in total. The van der Waals surface area contributed by atoms with Gasteiger partial charge in [0.1, 0.15) is 11.9 Å². The second kappa shape index (κ2) is 3.82. The molecule has 0 spiro atoms. The average Bonchev–Trinajstić information content (AvgIpc) is 2.65. The first-order valence-electron chi connectivity index (χ1n) is 4.12. The molecule has 76 valence electrons. The molecule has 0 bridgehead atoms. The first-order chi connectivity index (χ1) is 7.18. The maximum absolute atomic E-state index is 10.7. The molecule has 0 unspecified atom stereocenters. The van der Waals surface area contributed by atoms with E-state index in [1.54, 1.807) is 12.1 Å². The molecule has 15 heavy (non-hydrogen) atoms. The maximum atomic E-state index is 10.7. The fourth-order valence-electron chi connectivity index (χ4n) is 1.27. The highest BCUT2D eigenvalue weighted by atomic mass is 79.9. The standard InChI is InChI=1S/C9H6BrN3O2/c10-7-3-1-2-6(4-7)9-8(13(14)15)5-11-12-9/h1-5H,(H,11,12). The predicted octanol–water partition coefficient (Wildman–Crippen LogP) is 2.75. The normalized spacial score (nSPS) is 10.2. The van der Waals surface area contributed by atoms with Gasteiger partial charge in [0, 0.05) is 10.0 Å². The molecule has 1 aromatic heterocycles. The number of halogens is 1. The Labute approximate surface area is 93.4 Å². The summed E-state index contributed by atoms with van der Waals surface area (Å²) < 4.78 is 0.865. The van der Waals surface area contributed by atoms with Crippen molar-refractivity contribution in [1.29, 1.82) is 0 Å². The molecular formula is C9H6BrN3O2. The van der Waals surface area contributed by atoms with Crippen LogP contribution in [0.5, 0.6) is 0 Å². The molecular weight excluding hydrogens is 262 g/mol. The van der Waals surface area contributed by atoms with Crippen LogP contribution in [0.15, 0.2) is 34.9 Å². The van der Waals surface area contributed by atoms with E-state index < -0.39 is 4.92 Å². The number of benzene rings is 1. The van der Waals surface area contributed by atoms with Crippen LogP contribution in [0.1, 0.15) is 0 Å². The summed E-state index contributed by atoms with van der Waals surface area (Å²) in [5.74, 6) is 0. The SMILES string of the molecule is O=[N+]([O-])c1cn[nH]c1-c1cccc(Br)c1. The molecule has 2 rings (SSSR count). The Morgan fingerprint density at radius 3 is 2.93 bits per heavy atom. The fraction of sp³-hybridized carbons (Fsp3) is 0. The van der Waals surface area contributed by atoms with Crippen molar-refractivity contribution in [2.24, 2.45) is 0 Å². The van der Waals surface area contributed by atoms with Gasteiger partial charge < -0.3 is 0 Å². The highest BCUT2D eigenvalue weighted by molar-refractivity contribution is 9.10. The molecule has 0 atom stereocenters. The first kappa shape index (κ1) is 9.85. The Hall–Kier alpha value is -1.69. The van der Waals surface area contributed by atoms with Crippen molar-refractivity contribution in [2.75, 3.05) is 0 Å².